The Kier molecular flexibility index (Phi) is 5.70. The highest BCUT2D eigenvalue weighted by Crippen LogP contribution is 2.28. The molecule has 156 valence electrons. The molecule has 0 aliphatic heterocycles. The van der Waals surface area contributed by atoms with Crippen molar-refractivity contribution in [1.82, 2.24) is 14.9 Å². The summed E-state index contributed by atoms with van der Waals surface area (Å²) in [5, 5.41) is 5.82. The lowest BCUT2D eigenvalue weighted by Gasteiger charge is -2.08. The number of benzene rings is 2. The normalized spacial score (nSPS) is 13.3. The van der Waals surface area contributed by atoms with Gasteiger partial charge in [-0.05, 0) is 50.1 Å². The van der Waals surface area contributed by atoms with Gasteiger partial charge in [0.25, 0.3) is 5.91 Å². The lowest BCUT2D eigenvalue weighted by Crippen LogP contribution is -2.27. The molecule has 1 aromatic heterocycles. The van der Waals surface area contributed by atoms with Gasteiger partial charge in [0, 0.05) is 31.6 Å². The molecule has 1 aliphatic rings. The maximum atomic E-state index is 12.2. The van der Waals surface area contributed by atoms with Crippen molar-refractivity contribution in [2.45, 2.75) is 26.2 Å². The zero-order chi connectivity index (χ0) is 21.1. The molecule has 2 amide bonds. The standard InChI is InChI=1S/C23H26N4O3/c1-15-3-8-18(9-4-15)30-14-22(28)25-17-7-10-20-19(13-17)26-21(27(20)2)11-12-24-23(29)16-5-6-16/h3-4,7-10,13,16H,5-6,11-12,14H2,1-2H3,(H,24,29)(H,25,28). The predicted molar refractivity (Wildman–Crippen MR) is 115 cm³/mol. The van der Waals surface area contributed by atoms with Crippen molar-refractivity contribution in [1.29, 1.82) is 0 Å². The van der Waals surface area contributed by atoms with E-state index in [9.17, 15) is 9.59 Å². The summed E-state index contributed by atoms with van der Waals surface area (Å²) in [6.45, 7) is 2.52. The third kappa shape index (κ3) is 4.79. The Labute approximate surface area is 175 Å². The summed E-state index contributed by atoms with van der Waals surface area (Å²) in [5.74, 6) is 1.69. The van der Waals surface area contributed by atoms with E-state index in [1.54, 1.807) is 0 Å². The van der Waals surface area contributed by atoms with E-state index in [1.165, 1.54) is 0 Å². The second-order valence-electron chi connectivity index (χ2n) is 7.76. The molecule has 0 saturated heterocycles. The predicted octanol–water partition coefficient (Wildman–Crippen LogP) is 2.97. The molecular weight excluding hydrogens is 380 g/mol. The highest BCUT2D eigenvalue weighted by atomic mass is 16.5. The van der Waals surface area contributed by atoms with Crippen LogP contribution in [0.5, 0.6) is 5.75 Å². The number of aromatic nitrogens is 2. The second kappa shape index (κ2) is 8.57. The smallest absolute Gasteiger partial charge is 0.262 e. The number of hydrogen-bond acceptors (Lipinski definition) is 4. The Morgan fingerprint density at radius 3 is 2.67 bits per heavy atom. The zero-order valence-corrected chi connectivity index (χ0v) is 17.3. The molecule has 7 nitrogen and oxygen atoms in total. The first kappa shape index (κ1) is 19.9. The fourth-order valence-electron chi connectivity index (χ4n) is 3.32. The minimum absolute atomic E-state index is 0.0603. The van der Waals surface area contributed by atoms with Crippen LogP contribution in [-0.2, 0) is 23.1 Å². The van der Waals surface area contributed by atoms with Gasteiger partial charge in [-0.1, -0.05) is 17.7 Å². The molecule has 0 atom stereocenters. The summed E-state index contributed by atoms with van der Waals surface area (Å²) >= 11 is 0. The van der Waals surface area contributed by atoms with Crippen molar-refractivity contribution in [3.8, 4) is 5.75 Å². The van der Waals surface area contributed by atoms with Gasteiger partial charge in [-0.2, -0.15) is 0 Å². The summed E-state index contributed by atoms with van der Waals surface area (Å²) in [6.07, 6.45) is 2.67. The van der Waals surface area contributed by atoms with Gasteiger partial charge in [0.2, 0.25) is 5.91 Å². The first-order valence-electron chi connectivity index (χ1n) is 10.2. The number of nitrogens with one attached hydrogen (secondary N) is 2. The zero-order valence-electron chi connectivity index (χ0n) is 17.3. The first-order chi connectivity index (χ1) is 14.5. The monoisotopic (exact) mass is 406 g/mol. The van der Waals surface area contributed by atoms with Gasteiger partial charge < -0.3 is 19.9 Å². The molecule has 3 aromatic rings. The number of nitrogens with zero attached hydrogens (tertiary/aromatic N) is 2. The number of hydrogen-bond donors (Lipinski definition) is 2. The van der Waals surface area contributed by atoms with Gasteiger partial charge in [-0.3, -0.25) is 9.59 Å². The Hall–Kier alpha value is -3.35. The maximum Gasteiger partial charge on any atom is 0.262 e. The molecule has 1 heterocycles. The summed E-state index contributed by atoms with van der Waals surface area (Å²) in [7, 11) is 1.96. The Bertz CT molecular complexity index is 1070. The van der Waals surface area contributed by atoms with Crippen LogP contribution in [0.2, 0.25) is 0 Å². The fourth-order valence-corrected chi connectivity index (χ4v) is 3.32. The Balaban J connectivity index is 1.34. The summed E-state index contributed by atoms with van der Waals surface area (Å²) in [5.41, 5.74) is 3.59. The SMILES string of the molecule is Cc1ccc(OCC(=O)Nc2ccc3c(c2)nc(CCNC(=O)C2CC2)n3C)cc1. The topological polar surface area (TPSA) is 85.2 Å². The van der Waals surface area contributed by atoms with Crippen LogP contribution in [0.15, 0.2) is 42.5 Å². The molecule has 0 spiro atoms. The molecule has 0 radical (unpaired) electrons. The van der Waals surface area contributed by atoms with E-state index in [0.29, 0.717) is 24.4 Å². The third-order valence-corrected chi connectivity index (χ3v) is 5.24. The van der Waals surface area contributed by atoms with Gasteiger partial charge >= 0.3 is 0 Å². The summed E-state index contributed by atoms with van der Waals surface area (Å²) in [4.78, 5) is 28.7. The van der Waals surface area contributed by atoms with Crippen molar-refractivity contribution in [3.63, 3.8) is 0 Å². The van der Waals surface area contributed by atoms with Crippen LogP contribution >= 0.6 is 0 Å². The van der Waals surface area contributed by atoms with E-state index in [1.807, 2.05) is 61.0 Å². The number of ether oxygens (including phenoxy) is 1. The molecule has 0 bridgehead atoms. The molecule has 2 aromatic carbocycles. The summed E-state index contributed by atoms with van der Waals surface area (Å²) in [6, 6.07) is 13.2. The number of amides is 2. The van der Waals surface area contributed by atoms with Gasteiger partial charge in [-0.15, -0.1) is 0 Å². The number of carbonyl (C=O) groups excluding carboxylic acids is 2. The van der Waals surface area contributed by atoms with Crippen LogP contribution in [0.25, 0.3) is 11.0 Å². The molecule has 4 rings (SSSR count). The lowest BCUT2D eigenvalue weighted by molar-refractivity contribution is -0.122. The van der Waals surface area contributed by atoms with Crippen LogP contribution < -0.4 is 15.4 Å². The van der Waals surface area contributed by atoms with E-state index >= 15 is 0 Å². The van der Waals surface area contributed by atoms with Gasteiger partial charge in [0.15, 0.2) is 6.61 Å². The molecule has 2 N–H and O–H groups in total. The van der Waals surface area contributed by atoms with Crippen molar-refractivity contribution < 1.29 is 14.3 Å². The Morgan fingerprint density at radius 1 is 1.17 bits per heavy atom. The minimum atomic E-state index is -0.228. The largest absolute Gasteiger partial charge is 0.484 e. The van der Waals surface area contributed by atoms with Crippen molar-refractivity contribution >= 4 is 28.5 Å². The van der Waals surface area contributed by atoms with E-state index in [4.69, 9.17) is 4.74 Å². The van der Waals surface area contributed by atoms with Gasteiger partial charge in [0.05, 0.1) is 11.0 Å². The second-order valence-corrected chi connectivity index (χ2v) is 7.76. The van der Waals surface area contributed by atoms with Crippen LogP contribution in [0, 0.1) is 12.8 Å². The molecule has 1 fully saturated rings. The quantitative estimate of drug-likeness (QED) is 0.602. The van der Waals surface area contributed by atoms with Crippen LogP contribution in [0.4, 0.5) is 5.69 Å². The molecule has 1 saturated carbocycles. The van der Waals surface area contributed by atoms with Crippen LogP contribution in [0.1, 0.15) is 24.2 Å². The van der Waals surface area contributed by atoms with E-state index in [0.717, 1.165) is 35.3 Å². The van der Waals surface area contributed by atoms with Gasteiger partial charge in [0.1, 0.15) is 11.6 Å². The molecule has 1 aliphatic carbocycles. The number of rotatable bonds is 8. The minimum Gasteiger partial charge on any atom is -0.484 e. The molecule has 7 heteroatoms. The van der Waals surface area contributed by atoms with Crippen molar-refractivity contribution in [3.05, 3.63) is 53.9 Å². The highest BCUT2D eigenvalue weighted by Gasteiger charge is 2.29. The first-order valence-corrected chi connectivity index (χ1v) is 10.2. The van der Waals surface area contributed by atoms with Crippen LogP contribution in [-0.4, -0.2) is 34.5 Å². The molecular formula is C23H26N4O3. The van der Waals surface area contributed by atoms with Crippen molar-refractivity contribution in [2.75, 3.05) is 18.5 Å². The van der Waals surface area contributed by atoms with Crippen LogP contribution in [0.3, 0.4) is 0 Å². The number of fused-ring (bicyclic) bond motifs is 1. The van der Waals surface area contributed by atoms with Gasteiger partial charge in [-0.25, -0.2) is 4.98 Å². The highest BCUT2D eigenvalue weighted by molar-refractivity contribution is 5.94. The van der Waals surface area contributed by atoms with Crippen molar-refractivity contribution in [2.24, 2.45) is 13.0 Å². The average Bonchev–Trinajstić information content (AvgIpc) is 3.53. The number of carbonyl (C=O) groups is 2. The number of imidazole rings is 1. The third-order valence-electron chi connectivity index (χ3n) is 5.24. The summed E-state index contributed by atoms with van der Waals surface area (Å²) < 4.78 is 7.54. The Morgan fingerprint density at radius 2 is 1.93 bits per heavy atom. The average molecular weight is 406 g/mol. The maximum absolute atomic E-state index is 12.2. The number of aryl methyl sites for hydroxylation is 2. The number of anilines is 1. The van der Waals surface area contributed by atoms with E-state index in [-0.39, 0.29) is 24.3 Å². The fraction of sp³-hybridized carbons (Fsp3) is 0.348. The molecule has 0 unspecified atom stereocenters. The lowest BCUT2D eigenvalue weighted by atomic mass is 10.2. The van der Waals surface area contributed by atoms with E-state index in [2.05, 4.69) is 15.6 Å². The van der Waals surface area contributed by atoms with E-state index < -0.39 is 0 Å². The molecule has 30 heavy (non-hydrogen) atoms.